The van der Waals surface area contributed by atoms with E-state index in [1.54, 1.807) is 6.07 Å². The number of hydrogen-bond acceptors (Lipinski definition) is 3. The van der Waals surface area contributed by atoms with E-state index < -0.39 is 0 Å². The number of aryl methyl sites for hydroxylation is 1. The van der Waals surface area contributed by atoms with Crippen molar-refractivity contribution in [1.29, 1.82) is 0 Å². The smallest absolute Gasteiger partial charge is 0.251 e. The van der Waals surface area contributed by atoms with Gasteiger partial charge in [-0.3, -0.25) is 4.79 Å². The molecule has 1 aliphatic rings. The summed E-state index contributed by atoms with van der Waals surface area (Å²) in [6.45, 7) is 5.65. The zero-order valence-electron chi connectivity index (χ0n) is 11.3. The molecule has 2 rings (SSSR count). The zero-order chi connectivity index (χ0) is 13.0. The van der Waals surface area contributed by atoms with Crippen molar-refractivity contribution in [1.82, 2.24) is 9.97 Å². The molecule has 0 unspecified atom stereocenters. The molecule has 1 heterocycles. The molecular weight excluding hydrogens is 228 g/mol. The third-order valence-corrected chi connectivity index (χ3v) is 3.53. The number of nitrogens with one attached hydrogen (secondary N) is 1. The molecule has 1 saturated carbocycles. The highest BCUT2D eigenvalue weighted by molar-refractivity contribution is 5.19. The quantitative estimate of drug-likeness (QED) is 0.755. The Kier molecular flexibility index (Phi) is 4.17. The number of aromatic amines is 1. The van der Waals surface area contributed by atoms with E-state index in [0.29, 0.717) is 6.61 Å². The van der Waals surface area contributed by atoms with Crippen molar-refractivity contribution in [2.75, 3.05) is 13.2 Å². The maximum atomic E-state index is 11.6. The molecule has 0 spiro atoms. The zero-order valence-corrected chi connectivity index (χ0v) is 11.3. The molecule has 0 amide bonds. The lowest BCUT2D eigenvalue weighted by Gasteiger charge is -2.15. The van der Waals surface area contributed by atoms with Crippen LogP contribution in [0.4, 0.5) is 0 Å². The monoisotopic (exact) mass is 250 g/mol. The van der Waals surface area contributed by atoms with Crippen molar-refractivity contribution >= 4 is 0 Å². The van der Waals surface area contributed by atoms with E-state index in [9.17, 15) is 4.79 Å². The van der Waals surface area contributed by atoms with E-state index >= 15 is 0 Å². The lowest BCUT2D eigenvalue weighted by molar-refractivity contribution is 0.108. The number of hydrogen-bond donors (Lipinski definition) is 1. The first-order valence-corrected chi connectivity index (χ1v) is 6.88. The van der Waals surface area contributed by atoms with E-state index in [1.165, 1.54) is 0 Å². The summed E-state index contributed by atoms with van der Waals surface area (Å²) in [6, 6.07) is 1.58. The van der Waals surface area contributed by atoms with E-state index in [0.717, 1.165) is 50.2 Å². The van der Waals surface area contributed by atoms with Gasteiger partial charge in [0.15, 0.2) is 0 Å². The summed E-state index contributed by atoms with van der Waals surface area (Å²) in [7, 11) is 0. The summed E-state index contributed by atoms with van der Waals surface area (Å²) >= 11 is 0. The van der Waals surface area contributed by atoms with Crippen molar-refractivity contribution in [3.05, 3.63) is 27.9 Å². The first kappa shape index (κ1) is 13.3. The number of ether oxygens (including phenoxy) is 1. The Hall–Kier alpha value is -1.16. The molecule has 4 heteroatoms. The van der Waals surface area contributed by atoms with Gasteiger partial charge in [-0.05, 0) is 25.7 Å². The van der Waals surface area contributed by atoms with Crippen LogP contribution in [0.5, 0.6) is 0 Å². The Labute approximate surface area is 108 Å². The molecule has 0 aliphatic heterocycles. The lowest BCUT2D eigenvalue weighted by Crippen LogP contribution is -2.24. The second kappa shape index (κ2) is 5.65. The summed E-state index contributed by atoms with van der Waals surface area (Å²) in [5.41, 5.74) is 0.809. The maximum Gasteiger partial charge on any atom is 0.251 e. The predicted octanol–water partition coefficient (Wildman–Crippen LogP) is 2.18. The third-order valence-electron chi connectivity index (χ3n) is 3.53. The van der Waals surface area contributed by atoms with Gasteiger partial charge in [0.2, 0.25) is 0 Å². The molecule has 4 nitrogen and oxygen atoms in total. The van der Waals surface area contributed by atoms with Crippen LogP contribution in [-0.2, 0) is 16.6 Å². The van der Waals surface area contributed by atoms with E-state index in [1.807, 2.05) is 6.92 Å². The van der Waals surface area contributed by atoms with Crippen LogP contribution in [-0.4, -0.2) is 23.2 Å². The van der Waals surface area contributed by atoms with E-state index in [-0.39, 0.29) is 11.0 Å². The molecule has 0 bridgehead atoms. The van der Waals surface area contributed by atoms with Gasteiger partial charge in [-0.25, -0.2) is 4.98 Å². The Morgan fingerprint density at radius 3 is 2.83 bits per heavy atom. The molecule has 1 aromatic rings. The minimum Gasteiger partial charge on any atom is -0.380 e. The minimum absolute atomic E-state index is 0.0158. The second-order valence-electron chi connectivity index (χ2n) is 5.13. The molecule has 18 heavy (non-hydrogen) atoms. The van der Waals surface area contributed by atoms with Crippen LogP contribution < -0.4 is 5.56 Å². The van der Waals surface area contributed by atoms with Crippen molar-refractivity contribution in [2.45, 2.75) is 51.4 Å². The molecule has 100 valence electrons. The number of nitrogens with zero attached hydrogens (tertiary/aromatic N) is 1. The summed E-state index contributed by atoms with van der Waals surface area (Å²) < 4.78 is 5.71. The highest BCUT2D eigenvalue weighted by Gasteiger charge is 2.47. The third kappa shape index (κ3) is 2.99. The normalized spacial score (nSPS) is 16.8. The van der Waals surface area contributed by atoms with Crippen LogP contribution in [0.1, 0.15) is 51.0 Å². The molecule has 1 N–H and O–H groups in total. The summed E-state index contributed by atoms with van der Waals surface area (Å²) in [5.74, 6) is 0.823. The number of aromatic nitrogens is 2. The maximum absolute atomic E-state index is 11.6. The lowest BCUT2D eigenvalue weighted by atomic mass is 10.1. The standard InChI is InChI=1S/C14H22N2O2/c1-3-5-8-18-10-14(6-7-14)13-15-11(4-2)9-12(17)16-13/h9H,3-8,10H2,1-2H3,(H,15,16,17). The summed E-state index contributed by atoms with van der Waals surface area (Å²) in [4.78, 5) is 19.0. The van der Waals surface area contributed by atoms with Crippen molar-refractivity contribution in [3.63, 3.8) is 0 Å². The van der Waals surface area contributed by atoms with Crippen LogP contribution >= 0.6 is 0 Å². The average Bonchev–Trinajstić information content (AvgIpc) is 3.15. The van der Waals surface area contributed by atoms with Crippen LogP contribution in [0.2, 0.25) is 0 Å². The molecule has 0 atom stereocenters. The van der Waals surface area contributed by atoms with Gasteiger partial charge in [0.25, 0.3) is 5.56 Å². The fourth-order valence-corrected chi connectivity index (χ4v) is 2.05. The Bertz CT molecular complexity index is 449. The van der Waals surface area contributed by atoms with Gasteiger partial charge in [-0.15, -0.1) is 0 Å². The molecule has 0 aromatic carbocycles. The van der Waals surface area contributed by atoms with Gasteiger partial charge in [0, 0.05) is 18.4 Å². The summed E-state index contributed by atoms with van der Waals surface area (Å²) in [6.07, 6.45) is 5.16. The van der Waals surface area contributed by atoms with E-state index in [4.69, 9.17) is 4.74 Å². The van der Waals surface area contributed by atoms with Crippen molar-refractivity contribution < 1.29 is 4.74 Å². The van der Waals surface area contributed by atoms with Gasteiger partial charge in [0.1, 0.15) is 5.82 Å². The van der Waals surface area contributed by atoms with E-state index in [2.05, 4.69) is 16.9 Å². The van der Waals surface area contributed by atoms with Gasteiger partial charge in [-0.1, -0.05) is 20.3 Å². The number of rotatable bonds is 7. The molecular formula is C14H22N2O2. The number of H-pyrrole nitrogens is 1. The Morgan fingerprint density at radius 1 is 1.44 bits per heavy atom. The first-order chi connectivity index (χ1) is 8.70. The average molecular weight is 250 g/mol. The molecule has 1 aliphatic carbocycles. The highest BCUT2D eigenvalue weighted by atomic mass is 16.5. The van der Waals surface area contributed by atoms with Crippen LogP contribution in [0.15, 0.2) is 10.9 Å². The SMILES string of the molecule is CCCCOCC1(c2nc(CC)cc(=O)[nH]2)CC1. The fourth-order valence-electron chi connectivity index (χ4n) is 2.05. The topological polar surface area (TPSA) is 55.0 Å². The summed E-state index contributed by atoms with van der Waals surface area (Å²) in [5, 5.41) is 0. The van der Waals surface area contributed by atoms with Gasteiger partial charge in [0.05, 0.1) is 12.0 Å². The van der Waals surface area contributed by atoms with Gasteiger partial charge < -0.3 is 9.72 Å². The first-order valence-electron chi connectivity index (χ1n) is 6.88. The van der Waals surface area contributed by atoms with Crippen LogP contribution in [0.25, 0.3) is 0 Å². The van der Waals surface area contributed by atoms with Crippen molar-refractivity contribution in [2.24, 2.45) is 0 Å². The minimum atomic E-state index is -0.0447. The van der Waals surface area contributed by atoms with Crippen LogP contribution in [0, 0.1) is 0 Å². The van der Waals surface area contributed by atoms with Crippen LogP contribution in [0.3, 0.4) is 0 Å². The predicted molar refractivity (Wildman–Crippen MR) is 70.9 cm³/mol. The molecule has 0 radical (unpaired) electrons. The molecule has 1 fully saturated rings. The second-order valence-corrected chi connectivity index (χ2v) is 5.13. The molecule has 0 saturated heterocycles. The Balaban J connectivity index is 2.05. The van der Waals surface area contributed by atoms with Crippen molar-refractivity contribution in [3.8, 4) is 0 Å². The highest BCUT2D eigenvalue weighted by Crippen LogP contribution is 2.46. The largest absolute Gasteiger partial charge is 0.380 e. The van der Waals surface area contributed by atoms with Gasteiger partial charge >= 0.3 is 0 Å². The Morgan fingerprint density at radius 2 is 2.22 bits per heavy atom. The van der Waals surface area contributed by atoms with Gasteiger partial charge in [-0.2, -0.15) is 0 Å². The number of unbranched alkanes of at least 4 members (excludes halogenated alkanes) is 1. The molecule has 1 aromatic heterocycles. The fraction of sp³-hybridized carbons (Fsp3) is 0.714.